The van der Waals surface area contributed by atoms with Crippen LogP contribution in [0.4, 0.5) is 34.1 Å². The van der Waals surface area contributed by atoms with Crippen LogP contribution < -0.4 is 25.5 Å². The van der Waals surface area contributed by atoms with E-state index in [1.165, 1.54) is 105 Å². The standard InChI is InChI=1S/C53H59BN2S/c1-30-25-41-45-42(26-30)56-40-21-16-34(51(9,10)11)29-37(40)53(14)24-23-52(12,13)36-18-19-38(47(56)44(36)53)54(45)48-46(35-28-33(50(6,7)8)17-22-43(35)57-48)55(41)39-20-15-32(27-31(39)2)49(3,4)5/h15-22,25-29H,23-24H2,1-14H3. The Labute approximate surface area is 346 Å². The van der Waals surface area contributed by atoms with Crippen molar-refractivity contribution in [2.45, 2.75) is 137 Å². The van der Waals surface area contributed by atoms with Crippen molar-refractivity contribution < 1.29 is 0 Å². The van der Waals surface area contributed by atoms with E-state index in [4.69, 9.17) is 0 Å². The zero-order valence-corrected chi connectivity index (χ0v) is 37.6. The lowest BCUT2D eigenvalue weighted by Gasteiger charge is -2.54. The fourth-order valence-corrected chi connectivity index (χ4v) is 12.2. The summed E-state index contributed by atoms with van der Waals surface area (Å²) in [6.07, 6.45) is 2.33. The molecule has 290 valence electrons. The molecule has 0 saturated carbocycles. The number of anilines is 6. The summed E-state index contributed by atoms with van der Waals surface area (Å²) in [6, 6.07) is 32.1. The van der Waals surface area contributed by atoms with Crippen molar-refractivity contribution in [3.8, 4) is 0 Å². The van der Waals surface area contributed by atoms with E-state index in [1.807, 2.05) is 11.3 Å². The summed E-state index contributed by atoms with van der Waals surface area (Å²) in [5.74, 6) is 0. The molecule has 0 spiro atoms. The van der Waals surface area contributed by atoms with Crippen molar-refractivity contribution in [1.29, 1.82) is 0 Å². The van der Waals surface area contributed by atoms with E-state index in [9.17, 15) is 0 Å². The highest BCUT2D eigenvalue weighted by Gasteiger charge is 2.54. The van der Waals surface area contributed by atoms with Gasteiger partial charge >= 0.3 is 0 Å². The van der Waals surface area contributed by atoms with Gasteiger partial charge in [0.25, 0.3) is 6.71 Å². The normalized spacial score (nSPS) is 19.0. The molecule has 0 saturated heterocycles. The van der Waals surface area contributed by atoms with Crippen LogP contribution in [0.25, 0.3) is 10.1 Å². The fourth-order valence-electron chi connectivity index (χ4n) is 10.9. The number of benzene rings is 5. The Kier molecular flexibility index (Phi) is 7.45. The summed E-state index contributed by atoms with van der Waals surface area (Å²) >= 11 is 2.02. The molecule has 4 aliphatic rings. The predicted molar refractivity (Wildman–Crippen MR) is 250 cm³/mol. The molecule has 2 nitrogen and oxygen atoms in total. The first kappa shape index (κ1) is 37.0. The van der Waals surface area contributed by atoms with Crippen molar-refractivity contribution in [2.75, 3.05) is 9.80 Å². The predicted octanol–water partition coefficient (Wildman–Crippen LogP) is 13.2. The third-order valence-electron chi connectivity index (χ3n) is 14.4. The summed E-state index contributed by atoms with van der Waals surface area (Å²) in [6.45, 7) is 33.4. The van der Waals surface area contributed by atoms with Crippen molar-refractivity contribution in [1.82, 2.24) is 0 Å². The van der Waals surface area contributed by atoms with Gasteiger partial charge in [0.2, 0.25) is 0 Å². The van der Waals surface area contributed by atoms with Crippen LogP contribution in [0.3, 0.4) is 0 Å². The minimum atomic E-state index is -0.0787. The highest BCUT2D eigenvalue weighted by molar-refractivity contribution is 7.33. The molecule has 10 rings (SSSR count). The van der Waals surface area contributed by atoms with Crippen LogP contribution in [-0.4, -0.2) is 6.71 Å². The Morgan fingerprint density at radius 1 is 0.579 bits per heavy atom. The van der Waals surface area contributed by atoms with Crippen LogP contribution >= 0.6 is 11.3 Å². The van der Waals surface area contributed by atoms with E-state index in [0.29, 0.717) is 0 Å². The lowest BCUT2D eigenvalue weighted by molar-refractivity contribution is 0.348. The third kappa shape index (κ3) is 5.08. The Hall–Kier alpha value is -4.28. The first-order valence-electron chi connectivity index (χ1n) is 21.4. The highest BCUT2D eigenvalue weighted by Crippen LogP contribution is 2.61. The minimum absolute atomic E-state index is 0.0416. The lowest BCUT2D eigenvalue weighted by atomic mass is 9.35. The van der Waals surface area contributed by atoms with Crippen molar-refractivity contribution in [3.63, 3.8) is 0 Å². The van der Waals surface area contributed by atoms with Gasteiger partial charge in [-0.2, -0.15) is 0 Å². The summed E-state index contributed by atoms with van der Waals surface area (Å²) in [5, 5.41) is 1.37. The SMILES string of the molecule is Cc1cc2c3c(c1)N(c1ccc(C(C)(C)C)cc1C)c1c(sc4ccc(C(C)(C)C)cc14)B3c1ccc3c4c1N2c1ccc(C(C)(C)C)cc1C4(C)CCC3(C)C. The molecule has 0 N–H and O–H groups in total. The van der Waals surface area contributed by atoms with Crippen molar-refractivity contribution in [3.05, 3.63) is 123 Å². The van der Waals surface area contributed by atoms with E-state index in [-0.39, 0.29) is 33.8 Å². The average Bonchev–Trinajstić information content (AvgIpc) is 3.50. The Balaban J connectivity index is 1.35. The second-order valence-corrected chi connectivity index (χ2v) is 23.1. The molecule has 4 heterocycles. The van der Waals surface area contributed by atoms with Crippen LogP contribution in [0.5, 0.6) is 0 Å². The maximum atomic E-state index is 2.73. The average molecular weight is 767 g/mol. The van der Waals surface area contributed by atoms with Crippen LogP contribution in [0.1, 0.15) is 140 Å². The van der Waals surface area contributed by atoms with Crippen molar-refractivity contribution >= 4 is 78.0 Å². The maximum Gasteiger partial charge on any atom is 0.264 e. The molecule has 57 heavy (non-hydrogen) atoms. The first-order chi connectivity index (χ1) is 26.6. The molecule has 6 aromatic rings. The number of nitrogens with zero attached hydrogens (tertiary/aromatic N) is 2. The lowest BCUT2D eigenvalue weighted by Crippen LogP contribution is -2.62. The van der Waals surface area contributed by atoms with E-state index in [2.05, 4.69) is 186 Å². The largest absolute Gasteiger partial charge is 0.311 e. The molecule has 0 bridgehead atoms. The van der Waals surface area contributed by atoms with Gasteiger partial charge in [-0.25, -0.2) is 0 Å². The quantitative estimate of drug-likeness (QED) is 0.154. The van der Waals surface area contributed by atoms with Crippen LogP contribution in [-0.2, 0) is 27.1 Å². The molecular formula is C53H59BN2S. The second-order valence-electron chi connectivity index (χ2n) is 22.0. The summed E-state index contributed by atoms with van der Waals surface area (Å²) in [5.41, 5.74) is 22.6. The molecule has 4 heteroatoms. The molecule has 0 amide bonds. The molecule has 3 aliphatic heterocycles. The van der Waals surface area contributed by atoms with Gasteiger partial charge in [0, 0.05) is 43.0 Å². The van der Waals surface area contributed by atoms with Gasteiger partial charge in [-0.3, -0.25) is 0 Å². The van der Waals surface area contributed by atoms with E-state index < -0.39 is 0 Å². The number of fused-ring (bicyclic) bond motifs is 9. The third-order valence-corrected chi connectivity index (χ3v) is 15.6. The van der Waals surface area contributed by atoms with E-state index in [0.717, 1.165) is 6.42 Å². The summed E-state index contributed by atoms with van der Waals surface area (Å²) in [7, 11) is 0. The molecule has 1 aromatic heterocycles. The van der Waals surface area contributed by atoms with Gasteiger partial charge in [0.1, 0.15) is 0 Å². The van der Waals surface area contributed by atoms with E-state index in [1.54, 1.807) is 5.56 Å². The number of rotatable bonds is 1. The number of thiophene rings is 1. The fraction of sp³-hybridized carbons (Fsp3) is 0.396. The summed E-state index contributed by atoms with van der Waals surface area (Å²) < 4.78 is 2.84. The molecule has 1 atom stereocenters. The smallest absolute Gasteiger partial charge is 0.264 e. The van der Waals surface area contributed by atoms with E-state index >= 15 is 0 Å². The molecule has 0 fully saturated rings. The monoisotopic (exact) mass is 766 g/mol. The minimum Gasteiger partial charge on any atom is -0.311 e. The van der Waals surface area contributed by atoms with Gasteiger partial charge < -0.3 is 9.80 Å². The zero-order chi connectivity index (χ0) is 40.5. The number of hydrogen-bond acceptors (Lipinski definition) is 3. The Morgan fingerprint density at radius 2 is 1.16 bits per heavy atom. The van der Waals surface area contributed by atoms with Crippen LogP contribution in [0, 0.1) is 13.8 Å². The van der Waals surface area contributed by atoms with Gasteiger partial charge in [0.05, 0.1) is 11.4 Å². The highest BCUT2D eigenvalue weighted by atomic mass is 32.1. The molecule has 1 aliphatic carbocycles. The molecule has 1 unspecified atom stereocenters. The van der Waals surface area contributed by atoms with Gasteiger partial charge in [-0.15, -0.1) is 11.3 Å². The molecular weight excluding hydrogens is 707 g/mol. The van der Waals surface area contributed by atoms with Gasteiger partial charge in [0.15, 0.2) is 0 Å². The maximum absolute atomic E-state index is 2.73. The Morgan fingerprint density at radius 3 is 1.79 bits per heavy atom. The second kappa shape index (κ2) is 11.5. The van der Waals surface area contributed by atoms with Crippen LogP contribution in [0.2, 0.25) is 0 Å². The van der Waals surface area contributed by atoms with Gasteiger partial charge in [-0.05, 0) is 140 Å². The zero-order valence-electron chi connectivity index (χ0n) is 36.8. The molecule has 5 aromatic carbocycles. The van der Waals surface area contributed by atoms with Crippen LogP contribution in [0.15, 0.2) is 78.9 Å². The Bertz CT molecular complexity index is 2730. The topological polar surface area (TPSA) is 6.48 Å². The molecule has 0 radical (unpaired) electrons. The van der Waals surface area contributed by atoms with Gasteiger partial charge in [-0.1, -0.05) is 126 Å². The summed E-state index contributed by atoms with van der Waals surface area (Å²) in [4.78, 5) is 5.40. The number of aryl methyl sites for hydroxylation is 2. The first-order valence-corrected chi connectivity index (χ1v) is 22.2. The van der Waals surface area contributed by atoms with Crippen molar-refractivity contribution in [2.24, 2.45) is 0 Å². The number of hydrogen-bond donors (Lipinski definition) is 0.